The number of fused-ring (bicyclic) bond motifs is 1. The van der Waals surface area contributed by atoms with Crippen LogP contribution in [0.3, 0.4) is 0 Å². The van der Waals surface area contributed by atoms with E-state index in [-0.39, 0.29) is 23.1 Å². The average Bonchev–Trinajstić information content (AvgIpc) is 3.17. The molecule has 0 N–H and O–H groups in total. The number of ether oxygens (including phenoxy) is 1. The van der Waals surface area contributed by atoms with Crippen LogP contribution in [0.25, 0.3) is 22.7 Å². The Kier molecular flexibility index (Phi) is 5.20. The fourth-order valence-corrected chi connectivity index (χ4v) is 2.96. The zero-order valence-electron chi connectivity index (χ0n) is 15.8. The molecule has 0 aliphatic carbocycles. The van der Waals surface area contributed by atoms with Gasteiger partial charge in [0.05, 0.1) is 12.2 Å². The normalized spacial score (nSPS) is 11.6. The number of carbonyl (C=O) groups excluding carboxylic acids is 1. The molecule has 4 nitrogen and oxygen atoms in total. The van der Waals surface area contributed by atoms with Gasteiger partial charge in [-0.2, -0.15) is 0 Å². The highest BCUT2D eigenvalue weighted by molar-refractivity contribution is 6.31. The molecule has 5 heteroatoms. The first-order valence-corrected chi connectivity index (χ1v) is 9.25. The molecule has 0 spiro atoms. The van der Waals surface area contributed by atoms with Crippen LogP contribution in [-0.4, -0.2) is 17.4 Å². The molecule has 0 unspecified atom stereocenters. The largest absolute Gasteiger partial charge is 0.494 e. The number of rotatable bonds is 6. The first-order chi connectivity index (χ1) is 14.1. The fourth-order valence-electron chi connectivity index (χ4n) is 2.96. The summed E-state index contributed by atoms with van der Waals surface area (Å²) in [6.07, 6.45) is 1.66. The number of Topliss-reactive ketones (excluding diaryl/α,β-unsaturated/α-hetero) is 1. The minimum atomic E-state index is -0.344. The minimum absolute atomic E-state index is 0.217. The Labute approximate surface area is 167 Å². The Hall–Kier alpha value is -3.73. The topological polar surface area (TPSA) is 52.3 Å². The number of carbonyl (C=O) groups is 1. The smallest absolute Gasteiger partial charge is 0.231 e. The van der Waals surface area contributed by atoms with Gasteiger partial charge in [0.2, 0.25) is 5.89 Å². The molecule has 0 saturated heterocycles. The number of allylic oxidation sites excluding steroid dienone is 1. The van der Waals surface area contributed by atoms with E-state index in [9.17, 15) is 9.18 Å². The summed E-state index contributed by atoms with van der Waals surface area (Å²) in [6.45, 7) is 2.45. The molecule has 4 aromatic rings. The van der Waals surface area contributed by atoms with E-state index in [4.69, 9.17) is 9.15 Å². The molecule has 0 amide bonds. The number of ketones is 1. The van der Waals surface area contributed by atoms with Crippen molar-refractivity contribution in [2.24, 2.45) is 0 Å². The van der Waals surface area contributed by atoms with E-state index in [1.54, 1.807) is 48.5 Å². The molecule has 4 rings (SSSR count). The Bertz CT molecular complexity index is 1140. The van der Waals surface area contributed by atoms with Crippen LogP contribution in [0.1, 0.15) is 28.7 Å². The van der Waals surface area contributed by atoms with E-state index in [2.05, 4.69) is 4.98 Å². The van der Waals surface area contributed by atoms with Crippen molar-refractivity contribution in [3.63, 3.8) is 0 Å². The van der Waals surface area contributed by atoms with E-state index in [1.165, 1.54) is 12.1 Å². The molecule has 0 fully saturated rings. The zero-order valence-corrected chi connectivity index (χ0v) is 15.8. The van der Waals surface area contributed by atoms with Crippen LogP contribution in [0.2, 0.25) is 0 Å². The van der Waals surface area contributed by atoms with Gasteiger partial charge < -0.3 is 9.15 Å². The van der Waals surface area contributed by atoms with Crippen LogP contribution in [0, 0.1) is 5.82 Å². The van der Waals surface area contributed by atoms with Crippen molar-refractivity contribution in [3.8, 4) is 5.75 Å². The molecule has 1 aromatic heterocycles. The van der Waals surface area contributed by atoms with E-state index >= 15 is 0 Å². The monoisotopic (exact) mass is 387 g/mol. The molecule has 0 radical (unpaired) electrons. The van der Waals surface area contributed by atoms with Gasteiger partial charge in [0.15, 0.2) is 11.4 Å². The Morgan fingerprint density at radius 1 is 1.03 bits per heavy atom. The molecule has 144 valence electrons. The SMILES string of the molecule is CCOc1ccc(C(=O)C(=Cc2ccc(F)cc2)c2nc3ccccc3o2)cc1. The summed E-state index contributed by atoms with van der Waals surface area (Å²) in [5.41, 5.74) is 2.68. The van der Waals surface area contributed by atoms with E-state index in [1.807, 2.05) is 25.1 Å². The highest BCUT2D eigenvalue weighted by Gasteiger charge is 2.20. The third-order valence-corrected chi connectivity index (χ3v) is 4.38. The van der Waals surface area contributed by atoms with Crippen LogP contribution >= 0.6 is 0 Å². The van der Waals surface area contributed by atoms with E-state index in [0.29, 0.717) is 34.6 Å². The summed E-state index contributed by atoms with van der Waals surface area (Å²) in [5, 5.41) is 0. The van der Waals surface area contributed by atoms with Gasteiger partial charge in [-0.3, -0.25) is 4.79 Å². The van der Waals surface area contributed by atoms with Gasteiger partial charge in [0.25, 0.3) is 0 Å². The van der Waals surface area contributed by atoms with Crippen LogP contribution in [-0.2, 0) is 0 Å². The Balaban J connectivity index is 1.78. The number of hydrogen-bond donors (Lipinski definition) is 0. The third-order valence-electron chi connectivity index (χ3n) is 4.38. The second-order valence-corrected chi connectivity index (χ2v) is 6.38. The Morgan fingerprint density at radius 3 is 2.45 bits per heavy atom. The van der Waals surface area contributed by atoms with Crippen molar-refractivity contribution < 1.29 is 18.3 Å². The molecule has 3 aromatic carbocycles. The third kappa shape index (κ3) is 4.09. The van der Waals surface area contributed by atoms with Crippen molar-refractivity contribution in [2.45, 2.75) is 6.92 Å². The lowest BCUT2D eigenvalue weighted by atomic mass is 10.0. The van der Waals surface area contributed by atoms with Gasteiger partial charge in [0.1, 0.15) is 17.1 Å². The fraction of sp³-hybridized carbons (Fsp3) is 0.0833. The molecule has 0 aliphatic rings. The summed E-state index contributed by atoms with van der Waals surface area (Å²) in [4.78, 5) is 17.7. The molecule has 1 heterocycles. The van der Waals surface area contributed by atoms with Crippen molar-refractivity contribution in [1.29, 1.82) is 0 Å². The molecular weight excluding hydrogens is 369 g/mol. The van der Waals surface area contributed by atoms with Gasteiger partial charge in [-0.15, -0.1) is 0 Å². The molecule has 0 saturated carbocycles. The summed E-state index contributed by atoms with van der Waals surface area (Å²) < 4.78 is 24.6. The zero-order chi connectivity index (χ0) is 20.2. The average molecular weight is 387 g/mol. The lowest BCUT2D eigenvalue weighted by Crippen LogP contribution is -2.03. The first-order valence-electron chi connectivity index (χ1n) is 9.25. The van der Waals surface area contributed by atoms with Gasteiger partial charge >= 0.3 is 0 Å². The number of oxazole rings is 1. The van der Waals surface area contributed by atoms with Crippen molar-refractivity contribution in [2.75, 3.05) is 6.61 Å². The number of aromatic nitrogens is 1. The molecule has 0 atom stereocenters. The quantitative estimate of drug-likeness (QED) is 0.310. The minimum Gasteiger partial charge on any atom is -0.494 e. The van der Waals surface area contributed by atoms with Crippen molar-refractivity contribution in [3.05, 3.63) is 95.6 Å². The maximum Gasteiger partial charge on any atom is 0.231 e. The second kappa shape index (κ2) is 8.10. The number of halogens is 1. The number of nitrogens with zero attached hydrogens (tertiary/aromatic N) is 1. The number of benzene rings is 3. The highest BCUT2D eigenvalue weighted by atomic mass is 19.1. The predicted octanol–water partition coefficient (Wildman–Crippen LogP) is 5.79. The summed E-state index contributed by atoms with van der Waals surface area (Å²) in [5.74, 6) is 0.316. The number of para-hydroxylation sites is 2. The summed E-state index contributed by atoms with van der Waals surface area (Å²) >= 11 is 0. The van der Waals surface area contributed by atoms with Crippen molar-refractivity contribution >= 4 is 28.5 Å². The molecule has 0 bridgehead atoms. The van der Waals surface area contributed by atoms with Crippen LogP contribution in [0.15, 0.2) is 77.2 Å². The molecule has 29 heavy (non-hydrogen) atoms. The second-order valence-electron chi connectivity index (χ2n) is 6.38. The Morgan fingerprint density at radius 2 is 1.76 bits per heavy atom. The van der Waals surface area contributed by atoms with Gasteiger partial charge in [-0.1, -0.05) is 24.3 Å². The standard InChI is InChI=1S/C24H18FNO3/c1-2-28-19-13-9-17(10-14-19)23(27)20(15-16-7-11-18(25)12-8-16)24-26-21-5-3-4-6-22(21)29-24/h3-15H,2H2,1H3. The molecule has 0 aliphatic heterocycles. The predicted molar refractivity (Wildman–Crippen MR) is 110 cm³/mol. The van der Waals surface area contributed by atoms with Crippen LogP contribution in [0.5, 0.6) is 5.75 Å². The first kappa shape index (κ1) is 18.6. The van der Waals surface area contributed by atoms with E-state index < -0.39 is 0 Å². The summed E-state index contributed by atoms with van der Waals surface area (Å²) in [6, 6.07) is 20.1. The van der Waals surface area contributed by atoms with Gasteiger partial charge in [0, 0.05) is 5.56 Å². The van der Waals surface area contributed by atoms with Gasteiger partial charge in [-0.05, 0) is 67.1 Å². The molecular formula is C24H18FNO3. The van der Waals surface area contributed by atoms with Crippen molar-refractivity contribution in [1.82, 2.24) is 4.98 Å². The van der Waals surface area contributed by atoms with Gasteiger partial charge in [-0.25, -0.2) is 9.37 Å². The van der Waals surface area contributed by atoms with E-state index in [0.717, 1.165) is 0 Å². The maximum absolute atomic E-state index is 13.3. The number of hydrogen-bond acceptors (Lipinski definition) is 4. The summed E-state index contributed by atoms with van der Waals surface area (Å²) in [7, 11) is 0. The van der Waals surface area contributed by atoms with Crippen LogP contribution < -0.4 is 4.74 Å². The maximum atomic E-state index is 13.3. The van der Waals surface area contributed by atoms with Crippen LogP contribution in [0.4, 0.5) is 4.39 Å². The lowest BCUT2D eigenvalue weighted by molar-refractivity contribution is 0.105. The highest BCUT2D eigenvalue weighted by Crippen LogP contribution is 2.27. The lowest BCUT2D eigenvalue weighted by Gasteiger charge is -2.06.